The van der Waals surface area contributed by atoms with Crippen LogP contribution in [0.25, 0.3) is 0 Å². The fourth-order valence-corrected chi connectivity index (χ4v) is 1.76. The molecular weight excluding hydrogens is 229 g/mol. The van der Waals surface area contributed by atoms with Crippen molar-refractivity contribution in [2.75, 3.05) is 46.2 Å². The van der Waals surface area contributed by atoms with E-state index < -0.39 is 0 Å². The Labute approximate surface area is 110 Å². The number of hydrogen-bond acceptors (Lipinski definition) is 3. The van der Waals surface area contributed by atoms with Crippen LogP contribution in [0.5, 0.6) is 0 Å². The zero-order valence-electron chi connectivity index (χ0n) is 11.8. The summed E-state index contributed by atoms with van der Waals surface area (Å²) in [6.07, 6.45) is 1.12. The second-order valence-electron chi connectivity index (χ2n) is 5.01. The SMILES string of the molecule is CN(C)CCCNCc1ccc(F)c(N(C)C)c1. The lowest BCUT2D eigenvalue weighted by atomic mass is 10.2. The molecule has 1 aromatic carbocycles. The molecule has 1 rings (SSSR count). The van der Waals surface area contributed by atoms with Crippen LogP contribution in [-0.4, -0.2) is 46.2 Å². The van der Waals surface area contributed by atoms with E-state index in [4.69, 9.17) is 0 Å². The van der Waals surface area contributed by atoms with Crippen molar-refractivity contribution in [3.63, 3.8) is 0 Å². The summed E-state index contributed by atoms with van der Waals surface area (Å²) in [5.41, 5.74) is 1.76. The highest BCUT2D eigenvalue weighted by Crippen LogP contribution is 2.18. The Bertz CT molecular complexity index is 364. The number of benzene rings is 1. The molecule has 4 heteroatoms. The molecule has 0 aliphatic heterocycles. The number of rotatable bonds is 7. The molecule has 0 aliphatic rings. The van der Waals surface area contributed by atoms with Gasteiger partial charge in [0.2, 0.25) is 0 Å². The molecule has 0 bridgehead atoms. The van der Waals surface area contributed by atoms with E-state index >= 15 is 0 Å². The predicted octanol–water partition coefficient (Wildman–Crippen LogP) is 1.93. The molecule has 0 saturated heterocycles. The van der Waals surface area contributed by atoms with Crippen molar-refractivity contribution in [2.45, 2.75) is 13.0 Å². The maximum Gasteiger partial charge on any atom is 0.146 e. The third-order valence-electron chi connectivity index (χ3n) is 2.78. The van der Waals surface area contributed by atoms with Crippen LogP contribution < -0.4 is 10.2 Å². The number of nitrogens with zero attached hydrogens (tertiary/aromatic N) is 2. The molecule has 0 spiro atoms. The molecule has 3 nitrogen and oxygen atoms in total. The fraction of sp³-hybridized carbons (Fsp3) is 0.571. The van der Waals surface area contributed by atoms with Crippen LogP contribution in [0.2, 0.25) is 0 Å². The van der Waals surface area contributed by atoms with E-state index in [1.165, 1.54) is 6.07 Å². The van der Waals surface area contributed by atoms with Gasteiger partial charge in [0.15, 0.2) is 0 Å². The van der Waals surface area contributed by atoms with Crippen molar-refractivity contribution in [3.05, 3.63) is 29.6 Å². The second-order valence-corrected chi connectivity index (χ2v) is 5.01. The standard InChI is InChI=1S/C14H24FN3/c1-17(2)9-5-8-16-11-12-6-7-13(15)14(10-12)18(3)4/h6-7,10,16H,5,8-9,11H2,1-4H3. The van der Waals surface area contributed by atoms with Crippen molar-refractivity contribution >= 4 is 5.69 Å². The van der Waals surface area contributed by atoms with Crippen molar-refractivity contribution in [1.82, 2.24) is 10.2 Å². The van der Waals surface area contributed by atoms with Crippen molar-refractivity contribution < 1.29 is 4.39 Å². The normalized spacial score (nSPS) is 11.0. The third kappa shape index (κ3) is 5.02. The van der Waals surface area contributed by atoms with Crippen LogP contribution in [0, 0.1) is 5.82 Å². The molecule has 0 saturated carbocycles. The summed E-state index contributed by atoms with van der Waals surface area (Å²) in [7, 11) is 7.85. The molecule has 0 heterocycles. The van der Waals surface area contributed by atoms with E-state index in [1.54, 1.807) is 4.90 Å². The quantitative estimate of drug-likeness (QED) is 0.749. The summed E-state index contributed by atoms with van der Waals surface area (Å²) in [5.74, 6) is -0.170. The van der Waals surface area contributed by atoms with Gasteiger partial charge in [-0.3, -0.25) is 0 Å². The van der Waals surface area contributed by atoms with E-state index in [9.17, 15) is 4.39 Å². The summed E-state index contributed by atoms with van der Waals surface area (Å²) in [5, 5.41) is 3.38. The van der Waals surface area contributed by atoms with Crippen LogP contribution in [0.3, 0.4) is 0 Å². The van der Waals surface area contributed by atoms with Gasteiger partial charge in [-0.25, -0.2) is 4.39 Å². The first kappa shape index (κ1) is 14.9. The van der Waals surface area contributed by atoms with E-state index in [2.05, 4.69) is 24.3 Å². The zero-order valence-corrected chi connectivity index (χ0v) is 11.8. The minimum atomic E-state index is -0.170. The van der Waals surface area contributed by atoms with Crippen molar-refractivity contribution in [3.8, 4) is 0 Å². The molecule has 1 N–H and O–H groups in total. The second kappa shape index (κ2) is 7.34. The zero-order chi connectivity index (χ0) is 13.5. The maximum absolute atomic E-state index is 13.5. The van der Waals surface area contributed by atoms with Gasteiger partial charge < -0.3 is 15.1 Å². The largest absolute Gasteiger partial charge is 0.375 e. The number of hydrogen-bond donors (Lipinski definition) is 1. The molecule has 0 aromatic heterocycles. The first-order valence-corrected chi connectivity index (χ1v) is 6.32. The summed E-state index contributed by atoms with van der Waals surface area (Å²) >= 11 is 0. The Morgan fingerprint density at radius 2 is 1.89 bits per heavy atom. The van der Waals surface area contributed by atoms with Crippen LogP contribution in [0.15, 0.2) is 18.2 Å². The van der Waals surface area contributed by atoms with Gasteiger partial charge in [-0.1, -0.05) is 6.07 Å². The highest BCUT2D eigenvalue weighted by Gasteiger charge is 2.05. The monoisotopic (exact) mass is 253 g/mol. The number of anilines is 1. The molecule has 102 valence electrons. The maximum atomic E-state index is 13.5. The molecule has 0 fully saturated rings. The van der Waals surface area contributed by atoms with Gasteiger partial charge in [-0.2, -0.15) is 0 Å². The highest BCUT2D eigenvalue weighted by molar-refractivity contribution is 5.48. The molecular formula is C14H24FN3. The molecule has 0 unspecified atom stereocenters. The van der Waals surface area contributed by atoms with Crippen molar-refractivity contribution in [2.24, 2.45) is 0 Å². The molecule has 18 heavy (non-hydrogen) atoms. The van der Waals surface area contributed by atoms with E-state index in [1.807, 2.05) is 26.2 Å². The number of halogens is 1. The Kier molecular flexibility index (Phi) is 6.09. The Morgan fingerprint density at radius 3 is 2.50 bits per heavy atom. The lowest BCUT2D eigenvalue weighted by Gasteiger charge is -2.15. The van der Waals surface area contributed by atoms with Crippen LogP contribution in [0.4, 0.5) is 10.1 Å². The molecule has 0 radical (unpaired) electrons. The van der Waals surface area contributed by atoms with Gasteiger partial charge in [0.05, 0.1) is 5.69 Å². The van der Waals surface area contributed by atoms with Gasteiger partial charge in [0.25, 0.3) is 0 Å². The average molecular weight is 253 g/mol. The van der Waals surface area contributed by atoms with Crippen LogP contribution in [0.1, 0.15) is 12.0 Å². The summed E-state index contributed by atoms with van der Waals surface area (Å²) in [4.78, 5) is 3.97. The van der Waals surface area contributed by atoms with Crippen LogP contribution in [-0.2, 0) is 6.54 Å². The molecule has 1 aromatic rings. The van der Waals surface area contributed by atoms with E-state index in [-0.39, 0.29) is 5.82 Å². The Morgan fingerprint density at radius 1 is 1.17 bits per heavy atom. The summed E-state index contributed by atoms with van der Waals surface area (Å²) in [6, 6.07) is 5.27. The van der Waals surface area contributed by atoms with Crippen LogP contribution >= 0.6 is 0 Å². The molecule has 0 aliphatic carbocycles. The van der Waals surface area contributed by atoms with E-state index in [0.717, 1.165) is 31.6 Å². The Balaban J connectivity index is 2.41. The van der Waals surface area contributed by atoms with Gasteiger partial charge in [0.1, 0.15) is 5.82 Å². The fourth-order valence-electron chi connectivity index (χ4n) is 1.76. The predicted molar refractivity (Wildman–Crippen MR) is 75.6 cm³/mol. The summed E-state index contributed by atoms with van der Waals surface area (Å²) < 4.78 is 13.5. The molecule has 0 amide bonds. The van der Waals surface area contributed by atoms with Gasteiger partial charge in [-0.05, 0) is 51.3 Å². The number of nitrogens with one attached hydrogen (secondary N) is 1. The van der Waals surface area contributed by atoms with E-state index in [0.29, 0.717) is 5.69 Å². The van der Waals surface area contributed by atoms with Gasteiger partial charge in [0, 0.05) is 20.6 Å². The lowest BCUT2D eigenvalue weighted by molar-refractivity contribution is 0.394. The average Bonchev–Trinajstić information content (AvgIpc) is 2.30. The van der Waals surface area contributed by atoms with Gasteiger partial charge >= 0.3 is 0 Å². The topological polar surface area (TPSA) is 18.5 Å². The van der Waals surface area contributed by atoms with Crippen molar-refractivity contribution in [1.29, 1.82) is 0 Å². The highest BCUT2D eigenvalue weighted by atomic mass is 19.1. The lowest BCUT2D eigenvalue weighted by Crippen LogP contribution is -2.21. The smallest absolute Gasteiger partial charge is 0.146 e. The minimum Gasteiger partial charge on any atom is -0.375 e. The van der Waals surface area contributed by atoms with Gasteiger partial charge in [-0.15, -0.1) is 0 Å². The Hall–Kier alpha value is -1.13. The first-order valence-electron chi connectivity index (χ1n) is 6.32. The molecule has 0 atom stereocenters. The first-order chi connectivity index (χ1) is 8.50. The third-order valence-corrected chi connectivity index (χ3v) is 2.78. The summed E-state index contributed by atoms with van der Waals surface area (Å²) in [6.45, 7) is 2.85. The minimum absolute atomic E-state index is 0.170.